The molecular weight excluding hydrogens is 330 g/mol. The lowest BCUT2D eigenvalue weighted by Crippen LogP contribution is -2.40. The van der Waals surface area contributed by atoms with Gasteiger partial charge < -0.3 is 10.6 Å². The molecule has 0 bridgehead atoms. The van der Waals surface area contributed by atoms with E-state index in [9.17, 15) is 0 Å². The van der Waals surface area contributed by atoms with E-state index in [1.807, 2.05) is 29.9 Å². The molecule has 5 nitrogen and oxygen atoms in total. The molecule has 6 heteroatoms. The summed E-state index contributed by atoms with van der Waals surface area (Å²) in [6.07, 6.45) is 4.64. The molecule has 1 saturated heterocycles. The number of rotatable bonds is 6. The van der Waals surface area contributed by atoms with E-state index < -0.39 is 0 Å². The van der Waals surface area contributed by atoms with Crippen LogP contribution < -0.4 is 10.6 Å². The molecule has 1 aromatic carbocycles. The van der Waals surface area contributed by atoms with E-state index in [2.05, 4.69) is 52.6 Å². The van der Waals surface area contributed by atoms with E-state index in [4.69, 9.17) is 4.99 Å². The second kappa shape index (κ2) is 8.94. The van der Waals surface area contributed by atoms with Gasteiger partial charge >= 0.3 is 0 Å². The van der Waals surface area contributed by atoms with Gasteiger partial charge in [-0.05, 0) is 50.1 Å². The first-order valence-corrected chi connectivity index (χ1v) is 10.1. The zero-order chi connectivity index (χ0) is 17.5. The summed E-state index contributed by atoms with van der Waals surface area (Å²) in [6, 6.07) is 10.3. The largest absolute Gasteiger partial charge is 0.357 e. The van der Waals surface area contributed by atoms with Gasteiger partial charge in [-0.25, -0.2) is 9.67 Å². The van der Waals surface area contributed by atoms with Crippen LogP contribution in [0, 0.1) is 6.92 Å². The molecule has 1 atom stereocenters. The lowest BCUT2D eigenvalue weighted by atomic mass is 10.2. The van der Waals surface area contributed by atoms with Crippen LogP contribution in [0.25, 0.3) is 5.69 Å². The van der Waals surface area contributed by atoms with Crippen molar-refractivity contribution in [3.8, 4) is 5.69 Å². The summed E-state index contributed by atoms with van der Waals surface area (Å²) in [5, 5.41) is 12.1. The Labute approximate surface area is 154 Å². The molecule has 2 N–H and O–H groups in total. The summed E-state index contributed by atoms with van der Waals surface area (Å²) in [4.78, 5) is 4.78. The van der Waals surface area contributed by atoms with Gasteiger partial charge in [0, 0.05) is 24.5 Å². The molecule has 1 aromatic heterocycles. The van der Waals surface area contributed by atoms with Gasteiger partial charge in [-0.15, -0.1) is 0 Å². The minimum atomic E-state index is 0.627. The van der Waals surface area contributed by atoms with Crippen LogP contribution in [0.2, 0.25) is 0 Å². The first kappa shape index (κ1) is 17.9. The number of nitrogens with one attached hydrogen (secondary N) is 2. The van der Waals surface area contributed by atoms with Crippen molar-refractivity contribution in [2.45, 2.75) is 38.5 Å². The van der Waals surface area contributed by atoms with Crippen molar-refractivity contribution < 1.29 is 0 Å². The van der Waals surface area contributed by atoms with Gasteiger partial charge in [-0.3, -0.25) is 0 Å². The first-order valence-electron chi connectivity index (χ1n) is 9.00. The second-order valence-corrected chi connectivity index (χ2v) is 7.65. The number of aryl methyl sites for hydroxylation is 1. The van der Waals surface area contributed by atoms with E-state index in [-0.39, 0.29) is 0 Å². The van der Waals surface area contributed by atoms with E-state index in [1.54, 1.807) is 0 Å². The predicted molar refractivity (Wildman–Crippen MR) is 107 cm³/mol. The van der Waals surface area contributed by atoms with Gasteiger partial charge in [0.25, 0.3) is 0 Å². The van der Waals surface area contributed by atoms with Crippen molar-refractivity contribution in [3.63, 3.8) is 0 Å². The Morgan fingerprint density at radius 1 is 1.32 bits per heavy atom. The minimum Gasteiger partial charge on any atom is -0.357 e. The number of aliphatic imine (C=N–C) groups is 1. The lowest BCUT2D eigenvalue weighted by Gasteiger charge is -2.15. The maximum Gasteiger partial charge on any atom is 0.191 e. The Kier molecular flexibility index (Phi) is 6.39. The number of nitrogens with zero attached hydrogens (tertiary/aromatic N) is 3. The average Bonchev–Trinajstić information content (AvgIpc) is 3.29. The highest BCUT2D eigenvalue weighted by molar-refractivity contribution is 8.00. The molecule has 0 amide bonds. The smallest absolute Gasteiger partial charge is 0.191 e. The summed E-state index contributed by atoms with van der Waals surface area (Å²) >= 11 is 2.06. The van der Waals surface area contributed by atoms with Gasteiger partial charge in [0.1, 0.15) is 0 Å². The van der Waals surface area contributed by atoms with Crippen LogP contribution in [0.5, 0.6) is 0 Å². The SMILES string of the molecule is CCNC(=NCc1ccccc1-n1ccc(C)n1)NCC1CCCS1. The predicted octanol–water partition coefficient (Wildman–Crippen LogP) is 3.13. The van der Waals surface area contributed by atoms with Crippen LogP contribution in [0.15, 0.2) is 41.5 Å². The first-order chi connectivity index (χ1) is 12.3. The Bertz CT molecular complexity index is 703. The van der Waals surface area contributed by atoms with E-state index >= 15 is 0 Å². The fourth-order valence-corrected chi connectivity index (χ4v) is 4.14. The van der Waals surface area contributed by atoms with Crippen molar-refractivity contribution >= 4 is 17.7 Å². The molecule has 0 aliphatic carbocycles. The number of guanidine groups is 1. The van der Waals surface area contributed by atoms with Crippen molar-refractivity contribution in [2.24, 2.45) is 4.99 Å². The molecule has 1 fully saturated rings. The van der Waals surface area contributed by atoms with E-state index in [1.165, 1.54) is 18.6 Å². The maximum absolute atomic E-state index is 4.78. The Morgan fingerprint density at radius 2 is 2.20 bits per heavy atom. The summed E-state index contributed by atoms with van der Waals surface area (Å²) in [5.41, 5.74) is 3.27. The third kappa shape index (κ3) is 5.01. The molecule has 0 spiro atoms. The maximum atomic E-state index is 4.78. The Morgan fingerprint density at radius 3 is 2.92 bits per heavy atom. The standard InChI is InChI=1S/C19H27N5S/c1-3-20-19(22-14-17-8-6-12-25-17)21-13-16-7-4-5-9-18(16)24-11-10-15(2)23-24/h4-5,7,9-11,17H,3,6,8,12-14H2,1-2H3,(H2,20,21,22). The van der Waals surface area contributed by atoms with Crippen molar-refractivity contribution in [3.05, 3.63) is 47.8 Å². The fraction of sp³-hybridized carbons (Fsp3) is 0.474. The third-order valence-corrected chi connectivity index (χ3v) is 5.63. The molecule has 2 heterocycles. The molecule has 1 unspecified atom stereocenters. The van der Waals surface area contributed by atoms with Crippen LogP contribution in [0.3, 0.4) is 0 Å². The van der Waals surface area contributed by atoms with E-state index in [0.717, 1.165) is 36.0 Å². The quantitative estimate of drug-likeness (QED) is 0.616. The van der Waals surface area contributed by atoms with Gasteiger partial charge in [-0.2, -0.15) is 16.9 Å². The Balaban J connectivity index is 1.69. The van der Waals surface area contributed by atoms with Crippen molar-refractivity contribution in [2.75, 3.05) is 18.8 Å². The van der Waals surface area contributed by atoms with Gasteiger partial charge in [0.15, 0.2) is 5.96 Å². The molecular formula is C19H27N5S. The molecule has 3 rings (SSSR count). The van der Waals surface area contributed by atoms with Gasteiger partial charge in [-0.1, -0.05) is 18.2 Å². The van der Waals surface area contributed by atoms with E-state index in [0.29, 0.717) is 11.8 Å². The van der Waals surface area contributed by atoms with Gasteiger partial charge in [0.2, 0.25) is 0 Å². The van der Waals surface area contributed by atoms with Crippen LogP contribution in [-0.2, 0) is 6.54 Å². The highest BCUT2D eigenvalue weighted by Crippen LogP contribution is 2.25. The summed E-state index contributed by atoms with van der Waals surface area (Å²) in [5.74, 6) is 2.18. The molecule has 134 valence electrons. The number of aromatic nitrogens is 2. The molecule has 0 radical (unpaired) electrons. The topological polar surface area (TPSA) is 54.2 Å². The number of benzene rings is 1. The second-order valence-electron chi connectivity index (χ2n) is 6.24. The highest BCUT2D eigenvalue weighted by atomic mass is 32.2. The van der Waals surface area contributed by atoms with Crippen molar-refractivity contribution in [1.82, 2.24) is 20.4 Å². The number of hydrogen-bond donors (Lipinski definition) is 2. The molecule has 25 heavy (non-hydrogen) atoms. The molecule has 0 saturated carbocycles. The third-order valence-electron chi connectivity index (χ3n) is 4.23. The average molecular weight is 358 g/mol. The number of hydrogen-bond acceptors (Lipinski definition) is 3. The van der Waals surface area contributed by atoms with Crippen LogP contribution in [-0.4, -0.2) is 39.8 Å². The molecule has 1 aliphatic heterocycles. The van der Waals surface area contributed by atoms with Crippen LogP contribution >= 0.6 is 11.8 Å². The number of para-hydroxylation sites is 1. The zero-order valence-corrected chi connectivity index (χ0v) is 15.9. The summed E-state index contributed by atoms with van der Waals surface area (Å²) in [6.45, 7) is 6.58. The van der Waals surface area contributed by atoms with Crippen molar-refractivity contribution in [1.29, 1.82) is 0 Å². The van der Waals surface area contributed by atoms with Crippen LogP contribution in [0.4, 0.5) is 0 Å². The fourth-order valence-electron chi connectivity index (χ4n) is 2.94. The Hall–Kier alpha value is -1.95. The zero-order valence-electron chi connectivity index (χ0n) is 15.0. The minimum absolute atomic E-state index is 0.627. The molecule has 2 aromatic rings. The molecule has 1 aliphatic rings. The lowest BCUT2D eigenvalue weighted by molar-refractivity contribution is 0.726. The monoisotopic (exact) mass is 357 g/mol. The van der Waals surface area contributed by atoms with Crippen LogP contribution in [0.1, 0.15) is 31.0 Å². The normalized spacial score (nSPS) is 17.7. The van der Waals surface area contributed by atoms with Gasteiger partial charge in [0.05, 0.1) is 17.9 Å². The number of thioether (sulfide) groups is 1. The summed E-state index contributed by atoms with van der Waals surface area (Å²) in [7, 11) is 0. The highest BCUT2D eigenvalue weighted by Gasteiger charge is 2.15. The summed E-state index contributed by atoms with van der Waals surface area (Å²) < 4.78 is 1.93.